The van der Waals surface area contributed by atoms with E-state index in [2.05, 4.69) is 27.6 Å². The number of likely N-dealkylation sites (tertiary alicyclic amines) is 1. The number of benzene rings is 2. The van der Waals surface area contributed by atoms with Crippen molar-refractivity contribution in [1.29, 1.82) is 0 Å². The van der Waals surface area contributed by atoms with Gasteiger partial charge in [-0.05, 0) is 42.0 Å². The van der Waals surface area contributed by atoms with Crippen LogP contribution < -0.4 is 15.4 Å². The van der Waals surface area contributed by atoms with E-state index in [1.165, 1.54) is 12.0 Å². The van der Waals surface area contributed by atoms with Crippen LogP contribution in [0.2, 0.25) is 0 Å². The number of hydrogen-bond donors (Lipinski definition) is 3. The number of hydrogen-bond acceptors (Lipinski definition) is 7. The van der Waals surface area contributed by atoms with E-state index in [0.29, 0.717) is 54.2 Å². The summed E-state index contributed by atoms with van der Waals surface area (Å²) in [6, 6.07) is 11.4. The molecule has 0 bridgehead atoms. The van der Waals surface area contributed by atoms with Crippen LogP contribution in [0.1, 0.15) is 39.9 Å². The van der Waals surface area contributed by atoms with Crippen molar-refractivity contribution in [2.75, 3.05) is 26.7 Å². The summed E-state index contributed by atoms with van der Waals surface area (Å²) in [4.78, 5) is 52.8. The number of rotatable bonds is 4. The summed E-state index contributed by atoms with van der Waals surface area (Å²) in [6.07, 6.45) is 0.799. The first-order valence-corrected chi connectivity index (χ1v) is 12.0. The average Bonchev–Trinajstić information content (AvgIpc) is 3.38. The Kier molecular flexibility index (Phi) is 6.46. The molecular formula is C27H25N5O6. The van der Waals surface area contributed by atoms with Crippen molar-refractivity contribution in [2.24, 2.45) is 5.16 Å². The normalized spacial score (nSPS) is 21.0. The molecule has 1 atom stereocenters. The van der Waals surface area contributed by atoms with Crippen molar-refractivity contribution in [2.45, 2.75) is 24.9 Å². The molecule has 3 aliphatic rings. The minimum atomic E-state index is -1.63. The van der Waals surface area contributed by atoms with Gasteiger partial charge in [-0.3, -0.25) is 19.7 Å². The lowest BCUT2D eigenvalue weighted by molar-refractivity contribution is -0.122. The molecule has 11 nitrogen and oxygen atoms in total. The highest BCUT2D eigenvalue weighted by molar-refractivity contribution is 6.10. The van der Waals surface area contributed by atoms with Crippen LogP contribution in [0.4, 0.5) is 4.79 Å². The lowest BCUT2D eigenvalue weighted by Gasteiger charge is -2.28. The van der Waals surface area contributed by atoms with Crippen molar-refractivity contribution in [1.82, 2.24) is 20.4 Å². The summed E-state index contributed by atoms with van der Waals surface area (Å²) in [7, 11) is 1.52. The van der Waals surface area contributed by atoms with Gasteiger partial charge in [0.25, 0.3) is 11.8 Å². The van der Waals surface area contributed by atoms with Crippen LogP contribution in [-0.4, -0.2) is 76.8 Å². The molecular weight excluding hydrogens is 490 g/mol. The minimum Gasteiger partial charge on any atom is -0.497 e. The molecule has 3 N–H and O–H groups in total. The molecule has 2 aromatic rings. The summed E-state index contributed by atoms with van der Waals surface area (Å²) < 4.78 is 5.21. The third-order valence-corrected chi connectivity index (χ3v) is 6.84. The fourth-order valence-electron chi connectivity index (χ4n) is 4.76. The molecule has 0 aliphatic carbocycles. The number of fused-ring (bicyclic) bond motifs is 1. The van der Waals surface area contributed by atoms with Gasteiger partial charge in [0, 0.05) is 49.2 Å². The highest BCUT2D eigenvalue weighted by Gasteiger charge is 2.48. The molecule has 2 saturated heterocycles. The molecule has 0 aromatic heterocycles. The lowest BCUT2D eigenvalue weighted by atomic mass is 9.98. The Morgan fingerprint density at radius 1 is 1.11 bits per heavy atom. The van der Waals surface area contributed by atoms with E-state index in [-0.39, 0.29) is 24.8 Å². The second kappa shape index (κ2) is 9.89. The summed E-state index contributed by atoms with van der Waals surface area (Å²) in [6.45, 7) is 1.08. The molecule has 194 valence electrons. The number of urea groups is 1. The Hall–Kier alpha value is -4.85. The molecule has 2 aromatic carbocycles. The van der Waals surface area contributed by atoms with Crippen LogP contribution in [0.15, 0.2) is 47.6 Å². The number of amidine groups is 1. The van der Waals surface area contributed by atoms with Gasteiger partial charge in [0.15, 0.2) is 5.84 Å². The number of ether oxygens (including phenoxy) is 1. The van der Waals surface area contributed by atoms with Gasteiger partial charge in [0.2, 0.25) is 5.54 Å². The van der Waals surface area contributed by atoms with E-state index in [0.717, 1.165) is 5.56 Å². The van der Waals surface area contributed by atoms with Crippen molar-refractivity contribution < 1.29 is 29.1 Å². The number of amides is 4. The third kappa shape index (κ3) is 4.64. The van der Waals surface area contributed by atoms with Gasteiger partial charge in [0.1, 0.15) is 11.5 Å². The van der Waals surface area contributed by atoms with Gasteiger partial charge in [-0.25, -0.2) is 4.79 Å². The van der Waals surface area contributed by atoms with E-state index in [1.54, 1.807) is 42.5 Å². The zero-order valence-corrected chi connectivity index (χ0v) is 20.6. The first-order valence-electron chi connectivity index (χ1n) is 12.0. The highest BCUT2D eigenvalue weighted by atomic mass is 16.5. The number of methoxy groups -OCH3 is 1. The van der Waals surface area contributed by atoms with E-state index in [1.807, 2.05) is 4.90 Å². The Labute approximate surface area is 218 Å². The minimum absolute atomic E-state index is 0.138. The van der Waals surface area contributed by atoms with E-state index >= 15 is 0 Å². The summed E-state index contributed by atoms with van der Waals surface area (Å²) >= 11 is 0. The van der Waals surface area contributed by atoms with Crippen molar-refractivity contribution in [3.63, 3.8) is 0 Å². The number of imide groups is 1. The molecule has 11 heteroatoms. The summed E-state index contributed by atoms with van der Waals surface area (Å²) in [5, 5.41) is 17.8. The van der Waals surface area contributed by atoms with Gasteiger partial charge in [-0.2, -0.15) is 0 Å². The first-order chi connectivity index (χ1) is 18.3. The fourth-order valence-corrected chi connectivity index (χ4v) is 4.76. The molecule has 0 saturated carbocycles. The predicted molar refractivity (Wildman–Crippen MR) is 135 cm³/mol. The van der Waals surface area contributed by atoms with Gasteiger partial charge >= 0.3 is 6.03 Å². The standard InChI is InChI=1S/C27H25N5O6/c1-38-21-7-6-19-15-32(24(34)22(19)14-21)16-27(25(35)28-26(36)29-27)11-8-17-2-4-18(5-3-17)23(30-37)31-12-9-20(33)10-13-31/h2-7,14,37H,9-10,12-13,15-16H2,1H3,(H2,28,29,35,36)/b30-23+/t27-/m1/s1. The molecule has 5 rings (SSSR count). The van der Waals surface area contributed by atoms with Crippen molar-refractivity contribution in [3.05, 3.63) is 64.7 Å². The molecule has 0 spiro atoms. The summed E-state index contributed by atoms with van der Waals surface area (Å²) in [5.41, 5.74) is 0.833. The number of piperidine rings is 1. The van der Waals surface area contributed by atoms with Crippen molar-refractivity contribution >= 4 is 29.5 Å². The number of oxime groups is 1. The van der Waals surface area contributed by atoms with Gasteiger partial charge in [-0.1, -0.05) is 23.1 Å². The number of nitrogens with zero attached hydrogens (tertiary/aromatic N) is 3. The fraction of sp³-hybridized carbons (Fsp3) is 0.296. The van der Waals surface area contributed by atoms with Gasteiger partial charge < -0.3 is 25.1 Å². The second-order valence-electron chi connectivity index (χ2n) is 9.27. The van der Waals surface area contributed by atoms with Crippen molar-refractivity contribution in [3.8, 4) is 17.6 Å². The highest BCUT2D eigenvalue weighted by Crippen LogP contribution is 2.28. The third-order valence-electron chi connectivity index (χ3n) is 6.84. The SMILES string of the molecule is COc1ccc2c(c1)C(=O)N(C[C@@]1(C#Cc3ccc(/C(=N\O)N4CCC(=O)CC4)cc3)NC(=O)NC1=O)C2. The topological polar surface area (TPSA) is 141 Å². The molecule has 38 heavy (non-hydrogen) atoms. The lowest BCUT2D eigenvalue weighted by Crippen LogP contribution is -2.54. The van der Waals surface area contributed by atoms with E-state index in [9.17, 15) is 24.4 Å². The number of nitrogens with one attached hydrogen (secondary N) is 2. The maximum atomic E-state index is 13.1. The number of ketones is 1. The van der Waals surface area contributed by atoms with E-state index < -0.39 is 17.5 Å². The van der Waals surface area contributed by atoms with Crippen LogP contribution in [0.5, 0.6) is 5.75 Å². The van der Waals surface area contributed by atoms with Gasteiger partial charge in [-0.15, -0.1) is 0 Å². The quantitative estimate of drug-likeness (QED) is 0.138. The zero-order chi connectivity index (χ0) is 26.9. The largest absolute Gasteiger partial charge is 0.497 e. The predicted octanol–water partition coefficient (Wildman–Crippen LogP) is 1.08. The van der Waals surface area contributed by atoms with Crippen LogP contribution in [0.3, 0.4) is 0 Å². The maximum absolute atomic E-state index is 13.1. The molecule has 3 aliphatic heterocycles. The molecule has 0 unspecified atom stereocenters. The number of carbonyl (C=O) groups is 4. The number of Topliss-reactive ketones (excluding diaryl/α,β-unsaturated/α-hetero) is 1. The summed E-state index contributed by atoms with van der Waals surface area (Å²) in [5.74, 6) is 5.98. The Morgan fingerprint density at radius 3 is 2.47 bits per heavy atom. The Morgan fingerprint density at radius 2 is 1.84 bits per heavy atom. The first kappa shape index (κ1) is 24.8. The Balaban J connectivity index is 1.36. The van der Waals surface area contributed by atoms with Gasteiger partial charge in [0.05, 0.1) is 13.7 Å². The molecule has 2 fully saturated rings. The molecule has 3 heterocycles. The molecule has 0 radical (unpaired) electrons. The zero-order valence-electron chi connectivity index (χ0n) is 20.6. The smallest absolute Gasteiger partial charge is 0.323 e. The van der Waals surface area contributed by atoms with Crippen LogP contribution in [0, 0.1) is 11.8 Å². The average molecular weight is 516 g/mol. The second-order valence-corrected chi connectivity index (χ2v) is 9.27. The Bertz CT molecular complexity index is 1410. The van der Waals surface area contributed by atoms with Crippen LogP contribution in [-0.2, 0) is 16.1 Å². The maximum Gasteiger partial charge on any atom is 0.323 e. The monoisotopic (exact) mass is 515 g/mol. The molecule has 4 amide bonds. The van der Waals surface area contributed by atoms with E-state index in [4.69, 9.17) is 4.74 Å². The number of carbonyl (C=O) groups excluding carboxylic acids is 4. The van der Waals surface area contributed by atoms with Crippen LogP contribution >= 0.6 is 0 Å². The van der Waals surface area contributed by atoms with Crippen LogP contribution in [0.25, 0.3) is 0 Å².